The number of halogens is 1. The fraction of sp³-hybridized carbons (Fsp3) is 0.0455. The van der Waals surface area contributed by atoms with Crippen LogP contribution in [0.4, 0.5) is 10.1 Å². The van der Waals surface area contributed by atoms with Crippen molar-refractivity contribution in [1.29, 1.82) is 5.26 Å². The number of hydrogen-bond acceptors (Lipinski definition) is 5. The van der Waals surface area contributed by atoms with Crippen molar-refractivity contribution in [1.82, 2.24) is 4.98 Å². The minimum atomic E-state index is -0.369. The van der Waals surface area contributed by atoms with Gasteiger partial charge in [0.15, 0.2) is 12.2 Å². The quantitative estimate of drug-likeness (QED) is 0.544. The number of amides is 1. The van der Waals surface area contributed by atoms with Crippen LogP contribution in [0, 0.1) is 17.1 Å². The number of ether oxygens (including phenoxy) is 1. The molecule has 1 aromatic heterocycles. The molecule has 0 unspecified atom stereocenters. The zero-order valence-corrected chi connectivity index (χ0v) is 15.1. The predicted molar refractivity (Wildman–Crippen MR) is 105 cm³/mol. The van der Waals surface area contributed by atoms with Gasteiger partial charge in [-0.1, -0.05) is 0 Å². The molecule has 29 heavy (non-hydrogen) atoms. The van der Waals surface area contributed by atoms with E-state index in [9.17, 15) is 9.18 Å². The summed E-state index contributed by atoms with van der Waals surface area (Å²) in [5.74, 6) is 0.124. The molecule has 0 aliphatic rings. The van der Waals surface area contributed by atoms with Crippen LogP contribution in [0.25, 0.3) is 22.6 Å². The van der Waals surface area contributed by atoms with Crippen molar-refractivity contribution in [3.8, 4) is 23.3 Å². The van der Waals surface area contributed by atoms with E-state index in [1.807, 2.05) is 0 Å². The Morgan fingerprint density at radius 3 is 2.59 bits per heavy atom. The Bertz CT molecular complexity index is 1210. The van der Waals surface area contributed by atoms with Crippen LogP contribution in [0.5, 0.6) is 5.75 Å². The summed E-state index contributed by atoms with van der Waals surface area (Å²) in [7, 11) is 0. The van der Waals surface area contributed by atoms with Crippen molar-refractivity contribution in [3.63, 3.8) is 0 Å². The average molecular weight is 387 g/mol. The van der Waals surface area contributed by atoms with Crippen LogP contribution < -0.4 is 10.1 Å². The third-order valence-electron chi connectivity index (χ3n) is 4.12. The summed E-state index contributed by atoms with van der Waals surface area (Å²) in [5.41, 5.74) is 3.03. The Morgan fingerprint density at radius 1 is 1.10 bits per heavy atom. The van der Waals surface area contributed by atoms with Crippen molar-refractivity contribution in [3.05, 3.63) is 78.1 Å². The second-order valence-electron chi connectivity index (χ2n) is 6.18. The van der Waals surface area contributed by atoms with E-state index < -0.39 is 0 Å². The van der Waals surface area contributed by atoms with Crippen molar-refractivity contribution in [2.75, 3.05) is 11.9 Å². The number of nitrogens with zero attached hydrogens (tertiary/aromatic N) is 2. The lowest BCUT2D eigenvalue weighted by molar-refractivity contribution is -0.118. The smallest absolute Gasteiger partial charge is 0.262 e. The molecule has 1 N–H and O–H groups in total. The lowest BCUT2D eigenvalue weighted by atomic mass is 10.2. The lowest BCUT2D eigenvalue weighted by Crippen LogP contribution is -2.20. The van der Waals surface area contributed by atoms with Crippen LogP contribution in [-0.4, -0.2) is 17.5 Å². The highest BCUT2D eigenvalue weighted by Crippen LogP contribution is 2.26. The van der Waals surface area contributed by atoms with E-state index >= 15 is 0 Å². The standard InChI is InChI=1S/C22H14FN3O3/c23-16-4-8-18(9-5-16)28-13-21(27)25-17-6-2-15(3-7-17)22-26-19-11-14(12-24)1-10-20(19)29-22/h1-11H,13H2,(H,25,27). The van der Waals surface area contributed by atoms with Crippen LogP contribution in [0.3, 0.4) is 0 Å². The van der Waals surface area contributed by atoms with Gasteiger partial charge in [0.25, 0.3) is 5.91 Å². The predicted octanol–water partition coefficient (Wildman–Crippen LogP) is 4.52. The molecule has 0 atom stereocenters. The van der Waals surface area contributed by atoms with E-state index in [1.54, 1.807) is 42.5 Å². The minimum absolute atomic E-state index is 0.195. The van der Waals surface area contributed by atoms with Gasteiger partial charge in [-0.05, 0) is 66.7 Å². The van der Waals surface area contributed by atoms with Crippen molar-refractivity contribution in [2.45, 2.75) is 0 Å². The molecule has 4 rings (SSSR count). The molecule has 4 aromatic rings. The minimum Gasteiger partial charge on any atom is -0.484 e. The van der Waals surface area contributed by atoms with E-state index in [4.69, 9.17) is 14.4 Å². The van der Waals surface area contributed by atoms with E-state index in [0.717, 1.165) is 5.56 Å². The molecule has 0 radical (unpaired) electrons. The first kappa shape index (κ1) is 18.2. The topological polar surface area (TPSA) is 88.2 Å². The van der Waals surface area contributed by atoms with Crippen LogP contribution in [0.15, 0.2) is 71.1 Å². The number of hydrogen-bond donors (Lipinski definition) is 1. The van der Waals surface area contributed by atoms with Crippen LogP contribution in [0.1, 0.15) is 5.56 Å². The van der Waals surface area contributed by atoms with Crippen LogP contribution in [0.2, 0.25) is 0 Å². The Morgan fingerprint density at radius 2 is 1.86 bits per heavy atom. The zero-order valence-electron chi connectivity index (χ0n) is 15.1. The molecule has 1 heterocycles. The molecule has 0 saturated heterocycles. The van der Waals surface area contributed by atoms with Gasteiger partial charge in [0.1, 0.15) is 17.1 Å². The van der Waals surface area contributed by atoms with Gasteiger partial charge in [-0.2, -0.15) is 5.26 Å². The maximum Gasteiger partial charge on any atom is 0.262 e. The molecule has 1 amide bonds. The van der Waals surface area contributed by atoms with E-state index in [-0.39, 0.29) is 18.3 Å². The van der Waals surface area contributed by atoms with Crippen molar-refractivity contribution < 1.29 is 18.3 Å². The Balaban J connectivity index is 1.40. The molecule has 7 heteroatoms. The number of nitrogens with one attached hydrogen (secondary N) is 1. The largest absolute Gasteiger partial charge is 0.484 e. The van der Waals surface area contributed by atoms with E-state index in [2.05, 4.69) is 16.4 Å². The Kier molecular flexibility index (Phi) is 4.91. The molecule has 142 valence electrons. The molecular formula is C22H14FN3O3. The number of benzene rings is 3. The van der Waals surface area contributed by atoms with Gasteiger partial charge in [-0.25, -0.2) is 9.37 Å². The normalized spacial score (nSPS) is 10.5. The van der Waals surface area contributed by atoms with Crippen LogP contribution >= 0.6 is 0 Å². The van der Waals surface area contributed by atoms with Gasteiger partial charge in [0.05, 0.1) is 11.6 Å². The molecule has 3 aromatic carbocycles. The summed E-state index contributed by atoms with van der Waals surface area (Å²) in [6.45, 7) is -0.195. The number of nitriles is 1. The number of carbonyl (C=O) groups is 1. The molecule has 0 fully saturated rings. The van der Waals surface area contributed by atoms with Gasteiger partial charge in [-0.15, -0.1) is 0 Å². The average Bonchev–Trinajstić information content (AvgIpc) is 3.17. The molecule has 0 aliphatic heterocycles. The van der Waals surface area contributed by atoms with Gasteiger partial charge >= 0.3 is 0 Å². The molecule has 0 saturated carbocycles. The van der Waals surface area contributed by atoms with Gasteiger partial charge in [0.2, 0.25) is 5.89 Å². The number of oxazole rings is 1. The van der Waals surface area contributed by atoms with Crippen molar-refractivity contribution in [2.24, 2.45) is 0 Å². The number of fused-ring (bicyclic) bond motifs is 1. The Labute approximate surface area is 165 Å². The Hall–Kier alpha value is -4.18. The summed E-state index contributed by atoms with van der Waals surface area (Å²) < 4.78 is 23.9. The lowest BCUT2D eigenvalue weighted by Gasteiger charge is -2.07. The maximum absolute atomic E-state index is 12.9. The number of anilines is 1. The van der Waals surface area contributed by atoms with Gasteiger partial charge in [0, 0.05) is 11.3 Å². The highest BCUT2D eigenvalue weighted by Gasteiger charge is 2.10. The molecule has 0 bridgehead atoms. The number of carbonyl (C=O) groups excluding carboxylic acids is 1. The zero-order chi connectivity index (χ0) is 20.2. The summed E-state index contributed by atoms with van der Waals surface area (Å²) in [6.07, 6.45) is 0. The van der Waals surface area contributed by atoms with Crippen molar-refractivity contribution >= 4 is 22.7 Å². The monoisotopic (exact) mass is 387 g/mol. The highest BCUT2D eigenvalue weighted by atomic mass is 19.1. The summed E-state index contributed by atoms with van der Waals surface area (Å²) >= 11 is 0. The fourth-order valence-corrected chi connectivity index (χ4v) is 2.69. The maximum atomic E-state index is 12.9. The second-order valence-corrected chi connectivity index (χ2v) is 6.18. The third-order valence-corrected chi connectivity index (χ3v) is 4.12. The van der Waals surface area contributed by atoms with Crippen LogP contribution in [-0.2, 0) is 4.79 Å². The summed E-state index contributed by atoms with van der Waals surface area (Å²) in [5, 5.41) is 11.7. The molecule has 0 aliphatic carbocycles. The first-order valence-electron chi connectivity index (χ1n) is 8.70. The van der Waals surface area contributed by atoms with Gasteiger partial charge in [-0.3, -0.25) is 4.79 Å². The van der Waals surface area contributed by atoms with E-state index in [1.165, 1.54) is 24.3 Å². The molecule has 0 spiro atoms. The fourth-order valence-electron chi connectivity index (χ4n) is 2.69. The first-order valence-corrected chi connectivity index (χ1v) is 8.70. The van der Waals surface area contributed by atoms with E-state index in [0.29, 0.717) is 34.0 Å². The number of rotatable bonds is 5. The molecular weight excluding hydrogens is 373 g/mol. The summed E-state index contributed by atoms with van der Waals surface area (Å²) in [4.78, 5) is 16.4. The second kappa shape index (κ2) is 7.82. The third kappa shape index (κ3) is 4.22. The highest BCUT2D eigenvalue weighted by molar-refractivity contribution is 5.92. The molecule has 6 nitrogen and oxygen atoms in total. The number of aromatic nitrogens is 1. The summed E-state index contributed by atoms with van der Waals surface area (Å²) in [6, 6.07) is 19.5. The van der Waals surface area contributed by atoms with Gasteiger partial charge < -0.3 is 14.5 Å². The first-order chi connectivity index (χ1) is 14.1. The SMILES string of the molecule is N#Cc1ccc2oc(-c3ccc(NC(=O)COc4ccc(F)cc4)cc3)nc2c1.